The molecule has 1 aromatic rings. The van der Waals surface area contributed by atoms with Crippen LogP contribution in [0, 0.1) is 0 Å². The summed E-state index contributed by atoms with van der Waals surface area (Å²) < 4.78 is 0. The lowest BCUT2D eigenvalue weighted by atomic mass is 10.1. The minimum absolute atomic E-state index is 0.0135. The lowest BCUT2D eigenvalue weighted by molar-refractivity contribution is -0.120. The first-order valence-electron chi connectivity index (χ1n) is 8.30. The number of likely N-dealkylation sites (N-methyl/N-ethyl adjacent to an activating group) is 1. The van der Waals surface area contributed by atoms with Gasteiger partial charge in [-0.1, -0.05) is 25.4 Å². The number of anilines is 1. The smallest absolute Gasteiger partial charge is 0.239 e. The van der Waals surface area contributed by atoms with Crippen molar-refractivity contribution in [1.29, 1.82) is 0 Å². The number of carbonyl (C=O) groups is 1. The highest BCUT2D eigenvalue weighted by atomic mass is 35.5. The number of carbonyl (C=O) groups excluding carboxylic acids is 1. The summed E-state index contributed by atoms with van der Waals surface area (Å²) in [6.07, 6.45) is 3.67. The number of rotatable bonds is 10. The predicted molar refractivity (Wildman–Crippen MR) is 97.1 cm³/mol. The van der Waals surface area contributed by atoms with Crippen LogP contribution in [0.25, 0.3) is 0 Å². The number of hydrogen-bond donors (Lipinski definition) is 1. The second-order valence-electron chi connectivity index (χ2n) is 5.83. The molecule has 130 valence electrons. The minimum atomic E-state index is 0.0135. The van der Waals surface area contributed by atoms with Gasteiger partial charge in [0.05, 0.1) is 11.6 Å². The molecule has 1 heterocycles. The van der Waals surface area contributed by atoms with Crippen LogP contribution < -0.4 is 10.2 Å². The second-order valence-corrected chi connectivity index (χ2v) is 6.26. The van der Waals surface area contributed by atoms with Gasteiger partial charge in [0.1, 0.15) is 5.82 Å². The molecule has 1 rings (SSSR count). The molecule has 0 saturated heterocycles. The Hall–Kier alpha value is -1.33. The van der Waals surface area contributed by atoms with Crippen molar-refractivity contribution in [2.24, 2.45) is 0 Å². The molecular weight excluding hydrogens is 312 g/mol. The molecule has 0 spiro atoms. The Morgan fingerprint density at radius 2 is 2.04 bits per heavy atom. The third kappa shape index (κ3) is 7.66. The average Bonchev–Trinajstić information content (AvgIpc) is 2.52. The fourth-order valence-corrected chi connectivity index (χ4v) is 2.56. The van der Waals surface area contributed by atoms with Gasteiger partial charge in [-0.2, -0.15) is 0 Å². The topological polar surface area (TPSA) is 48.5 Å². The Kier molecular flexibility index (Phi) is 8.95. The summed E-state index contributed by atoms with van der Waals surface area (Å²) in [4.78, 5) is 20.5. The predicted octanol–water partition coefficient (Wildman–Crippen LogP) is 2.80. The molecule has 0 bridgehead atoms. The summed E-state index contributed by atoms with van der Waals surface area (Å²) in [6, 6.07) is 3.77. The fourth-order valence-electron chi connectivity index (χ4n) is 2.44. The van der Waals surface area contributed by atoms with E-state index in [0.29, 0.717) is 5.02 Å². The van der Waals surface area contributed by atoms with Crippen molar-refractivity contribution in [1.82, 2.24) is 15.2 Å². The van der Waals surface area contributed by atoms with Crippen LogP contribution in [0.3, 0.4) is 0 Å². The normalized spacial score (nSPS) is 12.3. The van der Waals surface area contributed by atoms with Crippen LogP contribution in [0.4, 0.5) is 5.82 Å². The van der Waals surface area contributed by atoms with Gasteiger partial charge in [0.15, 0.2) is 0 Å². The number of pyridine rings is 1. The molecule has 1 amide bonds. The van der Waals surface area contributed by atoms with E-state index in [1.165, 1.54) is 0 Å². The number of aromatic nitrogens is 1. The van der Waals surface area contributed by atoms with Gasteiger partial charge in [0.25, 0.3) is 0 Å². The zero-order valence-corrected chi connectivity index (χ0v) is 15.4. The van der Waals surface area contributed by atoms with Crippen molar-refractivity contribution in [3.63, 3.8) is 0 Å². The molecule has 0 unspecified atom stereocenters. The van der Waals surface area contributed by atoms with Gasteiger partial charge in [-0.05, 0) is 51.5 Å². The van der Waals surface area contributed by atoms with Gasteiger partial charge in [-0.25, -0.2) is 4.98 Å². The van der Waals surface area contributed by atoms with Crippen molar-refractivity contribution in [2.45, 2.75) is 39.7 Å². The number of nitrogens with zero attached hydrogens (tertiary/aromatic N) is 3. The molecule has 23 heavy (non-hydrogen) atoms. The minimum Gasteiger partial charge on any atom is -0.352 e. The van der Waals surface area contributed by atoms with Crippen molar-refractivity contribution < 1.29 is 4.79 Å². The van der Waals surface area contributed by atoms with Gasteiger partial charge in [0, 0.05) is 19.3 Å². The molecule has 1 N–H and O–H groups in total. The zero-order chi connectivity index (χ0) is 17.2. The van der Waals surface area contributed by atoms with E-state index in [9.17, 15) is 4.79 Å². The first-order chi connectivity index (χ1) is 11.0. The van der Waals surface area contributed by atoms with E-state index in [0.717, 1.165) is 38.3 Å². The standard InChI is InChI=1S/C17H29ClN4O/c1-5-22(6-2)11-7-8-14(3)20-17(23)13-21(4)16-10-9-15(18)12-19-16/h9-10,12,14H,5-8,11,13H2,1-4H3,(H,20,23)/t14-/m0/s1. The van der Waals surface area contributed by atoms with Gasteiger partial charge in [-0.3, -0.25) is 4.79 Å². The van der Waals surface area contributed by atoms with E-state index < -0.39 is 0 Å². The molecular formula is C17H29ClN4O. The molecule has 1 atom stereocenters. The average molecular weight is 341 g/mol. The maximum absolute atomic E-state index is 12.1. The van der Waals surface area contributed by atoms with Crippen molar-refractivity contribution >= 4 is 23.3 Å². The Balaban J connectivity index is 2.30. The summed E-state index contributed by atoms with van der Waals surface area (Å²) in [5.74, 6) is 0.748. The molecule has 0 radical (unpaired) electrons. The van der Waals surface area contributed by atoms with Crippen molar-refractivity contribution in [3.8, 4) is 0 Å². The third-order valence-corrected chi connectivity index (χ3v) is 4.12. The van der Waals surface area contributed by atoms with Gasteiger partial charge in [0.2, 0.25) is 5.91 Å². The highest BCUT2D eigenvalue weighted by molar-refractivity contribution is 6.30. The molecule has 0 fully saturated rings. The maximum atomic E-state index is 12.1. The highest BCUT2D eigenvalue weighted by Gasteiger charge is 2.11. The molecule has 0 saturated carbocycles. The van der Waals surface area contributed by atoms with E-state index >= 15 is 0 Å². The first kappa shape index (κ1) is 19.7. The second kappa shape index (κ2) is 10.4. The van der Waals surface area contributed by atoms with Gasteiger partial charge < -0.3 is 15.1 Å². The largest absolute Gasteiger partial charge is 0.352 e. The van der Waals surface area contributed by atoms with E-state index in [1.54, 1.807) is 12.3 Å². The Labute approximate surface area is 145 Å². The lowest BCUT2D eigenvalue weighted by Crippen LogP contribution is -2.40. The van der Waals surface area contributed by atoms with Crippen LogP contribution in [-0.2, 0) is 4.79 Å². The number of hydrogen-bond acceptors (Lipinski definition) is 4. The Morgan fingerprint density at radius 3 is 2.61 bits per heavy atom. The van der Waals surface area contributed by atoms with Crippen LogP contribution in [0.15, 0.2) is 18.3 Å². The van der Waals surface area contributed by atoms with Crippen LogP contribution in [0.2, 0.25) is 5.02 Å². The van der Waals surface area contributed by atoms with Crippen LogP contribution >= 0.6 is 11.6 Å². The summed E-state index contributed by atoms with van der Waals surface area (Å²) in [5.41, 5.74) is 0. The Bertz CT molecular complexity index is 462. The van der Waals surface area contributed by atoms with Crippen molar-refractivity contribution in [3.05, 3.63) is 23.4 Å². The van der Waals surface area contributed by atoms with Crippen LogP contribution in [0.1, 0.15) is 33.6 Å². The highest BCUT2D eigenvalue weighted by Crippen LogP contribution is 2.12. The molecule has 6 heteroatoms. The third-order valence-electron chi connectivity index (χ3n) is 3.90. The monoisotopic (exact) mass is 340 g/mol. The van der Waals surface area contributed by atoms with Crippen LogP contribution in [0.5, 0.6) is 0 Å². The number of halogens is 1. The van der Waals surface area contributed by atoms with Gasteiger partial charge in [-0.15, -0.1) is 0 Å². The van der Waals surface area contributed by atoms with Crippen molar-refractivity contribution in [2.75, 3.05) is 38.1 Å². The number of nitrogens with one attached hydrogen (secondary N) is 1. The lowest BCUT2D eigenvalue weighted by Gasteiger charge is -2.21. The van der Waals surface area contributed by atoms with E-state index in [1.807, 2.05) is 18.0 Å². The van der Waals surface area contributed by atoms with E-state index in [4.69, 9.17) is 11.6 Å². The summed E-state index contributed by atoms with van der Waals surface area (Å²) >= 11 is 5.82. The summed E-state index contributed by atoms with van der Waals surface area (Å²) in [6.45, 7) is 9.94. The molecule has 1 aromatic heterocycles. The quantitative estimate of drug-likeness (QED) is 0.711. The van der Waals surface area contributed by atoms with Gasteiger partial charge >= 0.3 is 0 Å². The molecule has 0 aliphatic carbocycles. The SMILES string of the molecule is CCN(CC)CCC[C@H](C)NC(=O)CN(C)c1ccc(Cl)cn1. The molecule has 5 nitrogen and oxygen atoms in total. The summed E-state index contributed by atoms with van der Waals surface area (Å²) in [7, 11) is 1.85. The zero-order valence-electron chi connectivity index (χ0n) is 14.7. The Morgan fingerprint density at radius 1 is 1.35 bits per heavy atom. The van der Waals surface area contributed by atoms with Crippen LogP contribution in [-0.4, -0.2) is 55.1 Å². The maximum Gasteiger partial charge on any atom is 0.239 e. The molecule has 0 aliphatic heterocycles. The van der Waals surface area contributed by atoms with E-state index in [-0.39, 0.29) is 18.5 Å². The first-order valence-corrected chi connectivity index (χ1v) is 8.68. The fraction of sp³-hybridized carbons (Fsp3) is 0.647. The number of amides is 1. The summed E-state index contributed by atoms with van der Waals surface area (Å²) in [5, 5.41) is 3.64. The van der Waals surface area contributed by atoms with E-state index in [2.05, 4.69) is 36.0 Å². The molecule has 0 aliphatic rings. The molecule has 0 aromatic carbocycles.